The van der Waals surface area contributed by atoms with Crippen molar-refractivity contribution in [2.24, 2.45) is 0 Å². The number of nitrogens with one attached hydrogen (secondary N) is 1. The second-order valence-electron chi connectivity index (χ2n) is 3.48. The van der Waals surface area contributed by atoms with E-state index in [2.05, 4.69) is 27.1 Å². The summed E-state index contributed by atoms with van der Waals surface area (Å²) in [5, 5.41) is 13.1. The molecule has 0 fully saturated rings. The van der Waals surface area contributed by atoms with Crippen molar-refractivity contribution in [2.45, 2.75) is 6.42 Å². The van der Waals surface area contributed by atoms with Crippen LogP contribution in [0.5, 0.6) is 0 Å². The van der Waals surface area contributed by atoms with Gasteiger partial charge in [-0.05, 0) is 11.4 Å². The lowest BCUT2D eigenvalue weighted by Crippen LogP contribution is -2.12. The molecule has 2 heterocycles. The largest absolute Gasteiger partial charge is 0.395 e. The number of thiophene rings is 1. The summed E-state index contributed by atoms with van der Waals surface area (Å²) in [5.74, 6) is 5.80. The van der Waals surface area contributed by atoms with Gasteiger partial charge in [0.15, 0.2) is 5.82 Å². The number of amides is 1. The van der Waals surface area contributed by atoms with Gasteiger partial charge in [0.2, 0.25) is 0 Å². The van der Waals surface area contributed by atoms with Crippen molar-refractivity contribution in [3.05, 3.63) is 40.5 Å². The summed E-state index contributed by atoms with van der Waals surface area (Å²) in [6.45, 7) is 0.0122. The van der Waals surface area contributed by atoms with Gasteiger partial charge >= 0.3 is 0 Å². The molecule has 0 aliphatic carbocycles. The average Bonchev–Trinajstić information content (AvgIpc) is 2.89. The van der Waals surface area contributed by atoms with Gasteiger partial charge in [-0.15, -0.1) is 11.3 Å². The standard InChI is InChI=1S/C13H11N3O2S/c17-7-2-1-3-10-4-8-19-12(10)13(18)16-11-9-14-5-6-15-11/h4-6,8-9,17H,2,7H2,(H,15,16,18). The van der Waals surface area contributed by atoms with E-state index in [4.69, 9.17) is 5.11 Å². The molecule has 5 nitrogen and oxygen atoms in total. The van der Waals surface area contributed by atoms with Crippen LogP contribution in [0, 0.1) is 11.8 Å². The molecule has 19 heavy (non-hydrogen) atoms. The fourth-order valence-electron chi connectivity index (χ4n) is 1.33. The molecule has 0 aliphatic heterocycles. The first-order chi connectivity index (χ1) is 9.31. The fraction of sp³-hybridized carbons (Fsp3) is 0.154. The van der Waals surface area contributed by atoms with Crippen LogP contribution in [0.4, 0.5) is 5.82 Å². The molecule has 2 aromatic heterocycles. The Balaban J connectivity index is 2.12. The minimum atomic E-state index is -0.260. The normalized spacial score (nSPS) is 9.53. The summed E-state index contributed by atoms with van der Waals surface area (Å²) >= 11 is 1.31. The van der Waals surface area contributed by atoms with E-state index < -0.39 is 0 Å². The Kier molecular flexibility index (Phi) is 4.61. The number of aliphatic hydroxyl groups is 1. The van der Waals surface area contributed by atoms with Gasteiger partial charge in [0, 0.05) is 24.4 Å². The molecule has 0 saturated heterocycles. The van der Waals surface area contributed by atoms with Crippen molar-refractivity contribution in [2.75, 3.05) is 11.9 Å². The van der Waals surface area contributed by atoms with Crippen molar-refractivity contribution >= 4 is 23.1 Å². The third-order valence-corrected chi connectivity index (χ3v) is 3.05. The maximum atomic E-state index is 12.0. The molecule has 2 aromatic rings. The predicted octanol–water partition coefficient (Wildman–Crippen LogP) is 1.52. The van der Waals surface area contributed by atoms with Crippen LogP contribution in [0.25, 0.3) is 0 Å². The lowest BCUT2D eigenvalue weighted by molar-refractivity contribution is 0.103. The van der Waals surface area contributed by atoms with Crippen LogP contribution < -0.4 is 5.32 Å². The SMILES string of the molecule is O=C(Nc1cnccn1)c1sccc1C#CCCO. The molecular formula is C13H11N3O2S. The summed E-state index contributed by atoms with van der Waals surface area (Å²) in [7, 11) is 0. The number of aromatic nitrogens is 2. The quantitative estimate of drug-likeness (QED) is 0.831. The van der Waals surface area contributed by atoms with E-state index >= 15 is 0 Å². The Labute approximate surface area is 114 Å². The highest BCUT2D eigenvalue weighted by atomic mass is 32.1. The van der Waals surface area contributed by atoms with E-state index in [1.165, 1.54) is 29.9 Å². The second-order valence-corrected chi connectivity index (χ2v) is 4.40. The summed E-state index contributed by atoms with van der Waals surface area (Å²) < 4.78 is 0. The van der Waals surface area contributed by atoms with Crippen molar-refractivity contribution in [3.8, 4) is 11.8 Å². The van der Waals surface area contributed by atoms with Crippen LogP contribution in [0.2, 0.25) is 0 Å². The van der Waals surface area contributed by atoms with Gasteiger partial charge in [0.1, 0.15) is 4.88 Å². The molecule has 0 aliphatic rings. The molecule has 0 saturated carbocycles. The molecule has 96 valence electrons. The van der Waals surface area contributed by atoms with Crippen LogP contribution >= 0.6 is 11.3 Å². The lowest BCUT2D eigenvalue weighted by atomic mass is 10.2. The minimum absolute atomic E-state index is 0.0122. The van der Waals surface area contributed by atoms with E-state index in [0.29, 0.717) is 22.7 Å². The summed E-state index contributed by atoms with van der Waals surface area (Å²) in [6, 6.07) is 1.78. The zero-order valence-corrected chi connectivity index (χ0v) is 10.8. The number of hydrogen-bond donors (Lipinski definition) is 2. The van der Waals surface area contributed by atoms with E-state index in [1.54, 1.807) is 11.4 Å². The number of rotatable bonds is 3. The third-order valence-electron chi connectivity index (χ3n) is 2.14. The molecule has 2 rings (SSSR count). The van der Waals surface area contributed by atoms with Crippen LogP contribution in [-0.4, -0.2) is 27.6 Å². The predicted molar refractivity (Wildman–Crippen MR) is 72.9 cm³/mol. The smallest absolute Gasteiger partial charge is 0.268 e. The third kappa shape index (κ3) is 3.61. The van der Waals surface area contributed by atoms with Crippen LogP contribution in [0.3, 0.4) is 0 Å². The first kappa shape index (κ1) is 13.2. The van der Waals surface area contributed by atoms with Crippen molar-refractivity contribution < 1.29 is 9.90 Å². The summed E-state index contributed by atoms with van der Waals surface area (Å²) in [4.78, 5) is 20.4. The van der Waals surface area contributed by atoms with Gasteiger partial charge in [0.05, 0.1) is 12.8 Å². The molecule has 0 radical (unpaired) electrons. The van der Waals surface area contributed by atoms with E-state index in [1.807, 2.05) is 0 Å². The van der Waals surface area contributed by atoms with Crippen molar-refractivity contribution in [1.29, 1.82) is 0 Å². The Bertz CT molecular complexity index is 614. The molecule has 6 heteroatoms. The minimum Gasteiger partial charge on any atom is -0.395 e. The summed E-state index contributed by atoms with van der Waals surface area (Å²) in [6.07, 6.45) is 4.91. The molecule has 2 N–H and O–H groups in total. The zero-order chi connectivity index (χ0) is 13.5. The number of carbonyl (C=O) groups is 1. The van der Waals surface area contributed by atoms with Crippen molar-refractivity contribution in [1.82, 2.24) is 9.97 Å². The fourth-order valence-corrected chi connectivity index (χ4v) is 2.08. The van der Waals surface area contributed by atoms with Crippen LogP contribution in [-0.2, 0) is 0 Å². The van der Waals surface area contributed by atoms with E-state index in [-0.39, 0.29) is 12.5 Å². The van der Waals surface area contributed by atoms with Gasteiger partial charge in [0.25, 0.3) is 5.91 Å². The van der Waals surface area contributed by atoms with Crippen LogP contribution in [0.1, 0.15) is 21.7 Å². The molecule has 0 unspecified atom stereocenters. The van der Waals surface area contributed by atoms with Gasteiger partial charge in [-0.1, -0.05) is 11.8 Å². The first-order valence-corrected chi connectivity index (χ1v) is 6.44. The monoisotopic (exact) mass is 273 g/mol. The molecular weight excluding hydrogens is 262 g/mol. The highest BCUT2D eigenvalue weighted by Gasteiger charge is 2.12. The average molecular weight is 273 g/mol. The topological polar surface area (TPSA) is 75.1 Å². The Hall–Kier alpha value is -2.23. The van der Waals surface area contributed by atoms with Gasteiger partial charge in [-0.3, -0.25) is 9.78 Å². The van der Waals surface area contributed by atoms with Gasteiger partial charge < -0.3 is 10.4 Å². The maximum Gasteiger partial charge on any atom is 0.268 e. The molecule has 0 bridgehead atoms. The van der Waals surface area contributed by atoms with Gasteiger partial charge in [-0.2, -0.15) is 0 Å². The molecule has 0 atom stereocenters. The Morgan fingerprint density at radius 1 is 1.47 bits per heavy atom. The molecule has 1 amide bonds. The number of aliphatic hydroxyl groups excluding tert-OH is 1. The van der Waals surface area contributed by atoms with Gasteiger partial charge in [-0.25, -0.2) is 4.98 Å². The van der Waals surface area contributed by atoms with Crippen LogP contribution in [0.15, 0.2) is 30.0 Å². The zero-order valence-electron chi connectivity index (χ0n) is 9.96. The summed E-state index contributed by atoms with van der Waals surface area (Å²) in [5.41, 5.74) is 0.653. The first-order valence-electron chi connectivity index (χ1n) is 5.56. The molecule has 0 aromatic carbocycles. The second kappa shape index (κ2) is 6.64. The van der Waals surface area contributed by atoms with E-state index in [0.717, 1.165) is 0 Å². The number of carbonyl (C=O) groups excluding carboxylic acids is 1. The highest BCUT2D eigenvalue weighted by molar-refractivity contribution is 7.12. The number of nitrogens with zero attached hydrogens (tertiary/aromatic N) is 2. The van der Waals surface area contributed by atoms with E-state index in [9.17, 15) is 4.79 Å². The number of hydrogen-bond acceptors (Lipinski definition) is 5. The molecule has 0 spiro atoms. The van der Waals surface area contributed by atoms with Crippen molar-refractivity contribution in [3.63, 3.8) is 0 Å². The lowest BCUT2D eigenvalue weighted by Gasteiger charge is -2.01. The maximum absolute atomic E-state index is 12.0. The highest BCUT2D eigenvalue weighted by Crippen LogP contribution is 2.17. The number of anilines is 1. The Morgan fingerprint density at radius 2 is 2.37 bits per heavy atom. The Morgan fingerprint density at radius 3 is 3.11 bits per heavy atom.